The zero-order valence-electron chi connectivity index (χ0n) is 13.6. The number of aliphatic hydroxyl groups is 1. The lowest BCUT2D eigenvalue weighted by atomic mass is 9.76. The van der Waals surface area contributed by atoms with E-state index in [-0.39, 0.29) is 24.0 Å². The van der Waals surface area contributed by atoms with Crippen LogP contribution in [0.1, 0.15) is 29.0 Å². The van der Waals surface area contributed by atoms with Crippen molar-refractivity contribution in [1.82, 2.24) is 24.7 Å². The van der Waals surface area contributed by atoms with Crippen molar-refractivity contribution in [2.45, 2.75) is 31.4 Å². The number of nitrogens with zero attached hydrogens (tertiary/aromatic N) is 4. The van der Waals surface area contributed by atoms with Gasteiger partial charge >= 0.3 is 0 Å². The van der Waals surface area contributed by atoms with E-state index in [4.69, 9.17) is 0 Å². The van der Waals surface area contributed by atoms with E-state index >= 15 is 0 Å². The molecular weight excluding hydrogens is 318 g/mol. The number of hydrogen-bond donors (Lipinski definition) is 2. The highest BCUT2D eigenvalue weighted by Crippen LogP contribution is 2.31. The summed E-state index contributed by atoms with van der Waals surface area (Å²) in [5.41, 5.74) is 1.26. The van der Waals surface area contributed by atoms with Crippen LogP contribution in [0.2, 0.25) is 0 Å². The van der Waals surface area contributed by atoms with Crippen molar-refractivity contribution in [2.24, 2.45) is 5.92 Å². The van der Waals surface area contributed by atoms with Gasteiger partial charge in [0.15, 0.2) is 0 Å². The molecular formula is C18H19N5O2. The van der Waals surface area contributed by atoms with Crippen molar-refractivity contribution in [2.75, 3.05) is 0 Å². The number of pyridine rings is 1. The van der Waals surface area contributed by atoms with Crippen LogP contribution < -0.4 is 5.32 Å². The highest BCUT2D eigenvalue weighted by Gasteiger charge is 2.35. The molecule has 0 bridgehead atoms. The molecule has 0 saturated heterocycles. The maximum absolute atomic E-state index is 12.6. The zero-order valence-corrected chi connectivity index (χ0v) is 13.6. The van der Waals surface area contributed by atoms with E-state index in [2.05, 4.69) is 20.3 Å². The quantitative estimate of drug-likeness (QED) is 0.731. The van der Waals surface area contributed by atoms with E-state index in [0.717, 1.165) is 5.69 Å². The molecule has 7 heteroatoms. The molecule has 7 nitrogen and oxygen atoms in total. The average Bonchev–Trinajstić information content (AvgIpc) is 3.04. The van der Waals surface area contributed by atoms with Crippen LogP contribution in [0.4, 0.5) is 0 Å². The Morgan fingerprint density at radius 2 is 2.12 bits per heavy atom. The Morgan fingerprint density at radius 3 is 2.84 bits per heavy atom. The molecule has 3 aromatic rings. The third-order valence-corrected chi connectivity index (χ3v) is 4.66. The fourth-order valence-corrected chi connectivity index (χ4v) is 3.22. The maximum Gasteiger partial charge on any atom is 0.271 e. The first kappa shape index (κ1) is 15.7. The van der Waals surface area contributed by atoms with Crippen LogP contribution in [0.3, 0.4) is 0 Å². The molecule has 1 aliphatic rings. The second kappa shape index (κ2) is 6.60. The fraction of sp³-hybridized carbons (Fsp3) is 0.333. The first-order chi connectivity index (χ1) is 12.2. The highest BCUT2D eigenvalue weighted by molar-refractivity contribution is 5.93. The first-order valence-corrected chi connectivity index (χ1v) is 8.37. The summed E-state index contributed by atoms with van der Waals surface area (Å²) in [6.45, 7) is 0. The van der Waals surface area contributed by atoms with Gasteiger partial charge in [0.25, 0.3) is 5.91 Å². The van der Waals surface area contributed by atoms with Crippen LogP contribution in [0.25, 0.3) is 5.78 Å². The monoisotopic (exact) mass is 337 g/mol. The number of nitrogens with one attached hydrogen (secondary N) is 1. The number of aromatic nitrogens is 4. The minimum atomic E-state index is -0.271. The molecule has 0 aliphatic heterocycles. The number of hydrogen-bond acceptors (Lipinski definition) is 5. The van der Waals surface area contributed by atoms with Crippen LogP contribution in [-0.4, -0.2) is 42.5 Å². The Hall–Kier alpha value is -2.80. The molecule has 128 valence electrons. The van der Waals surface area contributed by atoms with Crippen LogP contribution in [0.5, 0.6) is 0 Å². The van der Waals surface area contributed by atoms with Gasteiger partial charge in [0.1, 0.15) is 5.69 Å². The second-order valence-corrected chi connectivity index (χ2v) is 6.44. The fourth-order valence-electron chi connectivity index (χ4n) is 3.22. The predicted molar refractivity (Wildman–Crippen MR) is 90.9 cm³/mol. The number of rotatable bonds is 5. The maximum atomic E-state index is 12.6. The average molecular weight is 337 g/mol. The summed E-state index contributed by atoms with van der Waals surface area (Å²) in [7, 11) is 0. The number of carbonyl (C=O) groups excluding carboxylic acids is 1. The summed E-state index contributed by atoms with van der Waals surface area (Å²) in [6, 6.07) is 7.46. The Balaban J connectivity index is 1.51. The van der Waals surface area contributed by atoms with E-state index in [9.17, 15) is 9.90 Å². The van der Waals surface area contributed by atoms with E-state index in [1.807, 2.05) is 18.2 Å². The summed E-state index contributed by atoms with van der Waals surface area (Å²) in [6.07, 6.45) is 8.63. The summed E-state index contributed by atoms with van der Waals surface area (Å²) >= 11 is 0. The van der Waals surface area contributed by atoms with Crippen molar-refractivity contribution in [3.8, 4) is 0 Å². The third-order valence-electron chi connectivity index (χ3n) is 4.66. The standard InChI is InChI=1S/C18H19N5O2/c24-14-8-12(9-14)15(10-13-4-1-2-5-19-13)21-17(25)16-11-23-7-3-6-20-18(23)22-16/h1-7,11-12,14-15,24H,8-10H2,(H,21,25)/t12?,14?,15-/m0/s1. The van der Waals surface area contributed by atoms with E-state index in [0.29, 0.717) is 30.7 Å². The zero-order chi connectivity index (χ0) is 17.2. The van der Waals surface area contributed by atoms with Crippen LogP contribution >= 0.6 is 0 Å². The second-order valence-electron chi connectivity index (χ2n) is 6.44. The molecule has 0 unspecified atom stereocenters. The molecule has 0 radical (unpaired) electrons. The Kier molecular flexibility index (Phi) is 4.15. The molecule has 3 heterocycles. The predicted octanol–water partition coefficient (Wildman–Crippen LogP) is 1.24. The molecule has 1 aliphatic carbocycles. The molecule has 3 aromatic heterocycles. The Morgan fingerprint density at radius 1 is 1.28 bits per heavy atom. The van der Waals surface area contributed by atoms with Gasteiger partial charge in [-0.05, 0) is 37.0 Å². The van der Waals surface area contributed by atoms with Crippen LogP contribution in [0, 0.1) is 5.92 Å². The number of imidazole rings is 1. The topological polar surface area (TPSA) is 92.4 Å². The van der Waals surface area contributed by atoms with Crippen LogP contribution in [-0.2, 0) is 6.42 Å². The Labute approximate surface area is 144 Å². The lowest BCUT2D eigenvalue weighted by molar-refractivity contribution is 0.0237. The minimum absolute atomic E-state index is 0.0800. The lowest BCUT2D eigenvalue weighted by Crippen LogP contribution is -2.48. The first-order valence-electron chi connectivity index (χ1n) is 8.37. The number of fused-ring (bicyclic) bond motifs is 1. The molecule has 4 rings (SSSR count). The lowest BCUT2D eigenvalue weighted by Gasteiger charge is -2.37. The molecule has 1 fully saturated rings. The van der Waals surface area contributed by atoms with Crippen molar-refractivity contribution < 1.29 is 9.90 Å². The van der Waals surface area contributed by atoms with Gasteiger partial charge in [-0.15, -0.1) is 0 Å². The number of carbonyl (C=O) groups is 1. The molecule has 1 saturated carbocycles. The van der Waals surface area contributed by atoms with Crippen molar-refractivity contribution in [3.63, 3.8) is 0 Å². The molecule has 0 aromatic carbocycles. The molecule has 1 amide bonds. The summed E-state index contributed by atoms with van der Waals surface area (Å²) in [5.74, 6) is 0.511. The van der Waals surface area contributed by atoms with Crippen LogP contribution in [0.15, 0.2) is 49.1 Å². The Bertz CT molecular complexity index is 840. The van der Waals surface area contributed by atoms with Crippen molar-refractivity contribution >= 4 is 11.7 Å². The minimum Gasteiger partial charge on any atom is -0.393 e. The highest BCUT2D eigenvalue weighted by atomic mass is 16.3. The normalized spacial score (nSPS) is 20.8. The van der Waals surface area contributed by atoms with Gasteiger partial charge in [0.2, 0.25) is 5.78 Å². The van der Waals surface area contributed by atoms with E-state index < -0.39 is 0 Å². The van der Waals surface area contributed by atoms with Gasteiger partial charge in [-0.1, -0.05) is 6.07 Å². The molecule has 0 spiro atoms. The van der Waals surface area contributed by atoms with Gasteiger partial charge in [0, 0.05) is 42.9 Å². The largest absolute Gasteiger partial charge is 0.393 e. The molecule has 2 N–H and O–H groups in total. The van der Waals surface area contributed by atoms with Gasteiger partial charge in [0.05, 0.1) is 6.10 Å². The van der Waals surface area contributed by atoms with E-state index in [1.165, 1.54) is 0 Å². The number of amides is 1. The SMILES string of the molecule is O=C(N[C@@H](Cc1ccccn1)C1CC(O)C1)c1cn2cccnc2n1. The van der Waals surface area contributed by atoms with E-state index in [1.54, 1.807) is 35.3 Å². The summed E-state index contributed by atoms with van der Waals surface area (Å²) in [4.78, 5) is 25.4. The molecule has 25 heavy (non-hydrogen) atoms. The van der Waals surface area contributed by atoms with Crippen molar-refractivity contribution in [1.29, 1.82) is 0 Å². The van der Waals surface area contributed by atoms with Crippen molar-refractivity contribution in [3.05, 3.63) is 60.4 Å². The van der Waals surface area contributed by atoms with Gasteiger partial charge in [-0.25, -0.2) is 9.97 Å². The van der Waals surface area contributed by atoms with Gasteiger partial charge in [-0.2, -0.15) is 0 Å². The summed E-state index contributed by atoms with van der Waals surface area (Å²) in [5, 5.41) is 12.7. The van der Waals surface area contributed by atoms with Gasteiger partial charge in [-0.3, -0.25) is 14.2 Å². The number of aliphatic hydroxyl groups excluding tert-OH is 1. The van der Waals surface area contributed by atoms with Gasteiger partial charge < -0.3 is 10.4 Å². The smallest absolute Gasteiger partial charge is 0.271 e. The summed E-state index contributed by atoms with van der Waals surface area (Å²) < 4.78 is 1.72. The third kappa shape index (κ3) is 3.36. The molecule has 1 atom stereocenters.